The normalized spacial score (nSPS) is 37.2. The maximum atomic E-state index is 2.41. The molecule has 1 heteroatoms. The van der Waals surface area contributed by atoms with Gasteiger partial charge in [0, 0.05) is 4.88 Å². The van der Waals surface area contributed by atoms with Crippen LogP contribution in [-0.2, 0) is 0 Å². The highest BCUT2D eigenvalue weighted by Gasteiger charge is 2.40. The molecule has 0 radical (unpaired) electrons. The van der Waals surface area contributed by atoms with Gasteiger partial charge in [0.1, 0.15) is 0 Å². The van der Waals surface area contributed by atoms with Crippen LogP contribution in [0, 0.1) is 18.8 Å². The van der Waals surface area contributed by atoms with Crippen molar-refractivity contribution in [3.05, 3.63) is 21.9 Å². The van der Waals surface area contributed by atoms with Gasteiger partial charge in [-0.25, -0.2) is 0 Å². The molecule has 0 aliphatic heterocycles. The minimum Gasteiger partial charge on any atom is -0.148 e. The summed E-state index contributed by atoms with van der Waals surface area (Å²) in [6.07, 6.45) is 6.05. The van der Waals surface area contributed by atoms with E-state index in [0.29, 0.717) is 0 Å². The number of fused-ring (bicyclic) bond motifs is 2. The van der Waals surface area contributed by atoms with E-state index in [1.54, 1.807) is 4.88 Å². The molecule has 0 N–H and O–H groups in total. The van der Waals surface area contributed by atoms with Crippen molar-refractivity contribution in [1.29, 1.82) is 0 Å². The highest BCUT2D eigenvalue weighted by atomic mass is 32.1. The van der Waals surface area contributed by atoms with Gasteiger partial charge < -0.3 is 0 Å². The minimum atomic E-state index is 0.942. The summed E-state index contributed by atoms with van der Waals surface area (Å²) < 4.78 is 0. The SMILES string of the molecule is Cc1csc([C@@H]2C[C@H]3CC[C@@H]2C3)c1. The molecule has 13 heavy (non-hydrogen) atoms. The van der Waals surface area contributed by atoms with Gasteiger partial charge in [-0.1, -0.05) is 6.42 Å². The molecule has 0 unspecified atom stereocenters. The number of aryl methyl sites for hydroxylation is 1. The van der Waals surface area contributed by atoms with Crippen LogP contribution in [0.4, 0.5) is 0 Å². The average molecular weight is 192 g/mol. The average Bonchev–Trinajstić information content (AvgIpc) is 2.77. The van der Waals surface area contributed by atoms with E-state index in [4.69, 9.17) is 0 Å². The van der Waals surface area contributed by atoms with Crippen LogP contribution in [0.25, 0.3) is 0 Å². The Morgan fingerprint density at radius 3 is 2.77 bits per heavy atom. The van der Waals surface area contributed by atoms with Crippen molar-refractivity contribution in [3.63, 3.8) is 0 Å². The molecule has 70 valence electrons. The Bertz CT molecular complexity index is 313. The summed E-state index contributed by atoms with van der Waals surface area (Å²) in [5.74, 6) is 3.07. The molecule has 2 bridgehead atoms. The van der Waals surface area contributed by atoms with Gasteiger partial charge in [0.2, 0.25) is 0 Å². The van der Waals surface area contributed by atoms with Gasteiger partial charge in [-0.05, 0) is 60.9 Å². The van der Waals surface area contributed by atoms with E-state index in [1.165, 1.54) is 31.2 Å². The second kappa shape index (κ2) is 2.84. The van der Waals surface area contributed by atoms with Crippen LogP contribution < -0.4 is 0 Å². The quantitative estimate of drug-likeness (QED) is 0.632. The van der Waals surface area contributed by atoms with Crippen LogP contribution >= 0.6 is 11.3 Å². The van der Waals surface area contributed by atoms with E-state index < -0.39 is 0 Å². The monoisotopic (exact) mass is 192 g/mol. The standard InChI is InChI=1S/C12H16S/c1-8-4-12(13-7-8)11-6-9-2-3-10(11)5-9/h4,7,9-11H,2-3,5-6H2,1H3/t9-,10+,11+/m0/s1. The first-order valence-corrected chi connectivity index (χ1v) is 6.26. The highest BCUT2D eigenvalue weighted by molar-refractivity contribution is 7.10. The van der Waals surface area contributed by atoms with Gasteiger partial charge in [-0.15, -0.1) is 11.3 Å². The lowest BCUT2D eigenvalue weighted by Crippen LogP contribution is -2.06. The van der Waals surface area contributed by atoms with E-state index in [-0.39, 0.29) is 0 Å². The largest absolute Gasteiger partial charge is 0.148 e. The molecule has 2 saturated carbocycles. The second-order valence-corrected chi connectivity index (χ2v) is 5.75. The predicted molar refractivity (Wildman–Crippen MR) is 57.2 cm³/mol. The lowest BCUT2D eigenvalue weighted by Gasteiger charge is -2.19. The second-order valence-electron chi connectivity index (χ2n) is 4.81. The summed E-state index contributed by atoms with van der Waals surface area (Å²) in [6.45, 7) is 2.22. The molecule has 1 heterocycles. The lowest BCUT2D eigenvalue weighted by molar-refractivity contribution is 0.424. The molecule has 0 spiro atoms. The zero-order valence-corrected chi connectivity index (χ0v) is 8.94. The summed E-state index contributed by atoms with van der Waals surface area (Å²) in [5.41, 5.74) is 1.46. The molecule has 3 atom stereocenters. The van der Waals surface area contributed by atoms with Crippen molar-refractivity contribution in [3.8, 4) is 0 Å². The van der Waals surface area contributed by atoms with Crippen LogP contribution in [-0.4, -0.2) is 0 Å². The van der Waals surface area contributed by atoms with Crippen molar-refractivity contribution in [2.45, 2.75) is 38.5 Å². The van der Waals surface area contributed by atoms with Gasteiger partial charge in [0.25, 0.3) is 0 Å². The summed E-state index contributed by atoms with van der Waals surface area (Å²) in [6, 6.07) is 2.41. The van der Waals surface area contributed by atoms with E-state index in [9.17, 15) is 0 Å². The molecular formula is C12H16S. The predicted octanol–water partition coefficient (Wildman–Crippen LogP) is 3.96. The van der Waals surface area contributed by atoms with Crippen LogP contribution in [0.15, 0.2) is 11.4 Å². The molecule has 2 fully saturated rings. The Kier molecular flexibility index (Phi) is 1.76. The summed E-state index contributed by atoms with van der Waals surface area (Å²) in [5, 5.41) is 2.31. The van der Waals surface area contributed by atoms with Crippen molar-refractivity contribution < 1.29 is 0 Å². The Balaban J connectivity index is 1.87. The first kappa shape index (κ1) is 8.05. The molecule has 2 aliphatic carbocycles. The van der Waals surface area contributed by atoms with Crippen molar-refractivity contribution in [1.82, 2.24) is 0 Å². The summed E-state index contributed by atoms with van der Waals surface area (Å²) in [7, 11) is 0. The molecule has 0 nitrogen and oxygen atoms in total. The minimum absolute atomic E-state index is 0.942. The van der Waals surface area contributed by atoms with E-state index in [2.05, 4.69) is 18.4 Å². The molecule has 0 saturated heterocycles. The van der Waals surface area contributed by atoms with Crippen molar-refractivity contribution >= 4 is 11.3 Å². The molecule has 1 aromatic heterocycles. The van der Waals surface area contributed by atoms with Crippen LogP contribution in [0.3, 0.4) is 0 Å². The van der Waals surface area contributed by atoms with Crippen LogP contribution in [0.5, 0.6) is 0 Å². The fourth-order valence-electron chi connectivity index (χ4n) is 3.24. The van der Waals surface area contributed by atoms with Crippen molar-refractivity contribution in [2.75, 3.05) is 0 Å². The van der Waals surface area contributed by atoms with Gasteiger partial charge in [0.15, 0.2) is 0 Å². The maximum Gasteiger partial charge on any atom is 0.00817 e. The third-order valence-corrected chi connectivity index (χ3v) is 5.04. The lowest BCUT2D eigenvalue weighted by atomic mass is 9.87. The van der Waals surface area contributed by atoms with Crippen LogP contribution in [0.1, 0.15) is 42.0 Å². The molecule has 2 aliphatic rings. The third kappa shape index (κ3) is 1.25. The van der Waals surface area contributed by atoms with Gasteiger partial charge in [-0.3, -0.25) is 0 Å². The first-order valence-electron chi connectivity index (χ1n) is 5.38. The summed E-state index contributed by atoms with van der Waals surface area (Å²) in [4.78, 5) is 1.67. The van der Waals surface area contributed by atoms with Crippen molar-refractivity contribution in [2.24, 2.45) is 11.8 Å². The molecule has 0 amide bonds. The third-order valence-electron chi connectivity index (χ3n) is 3.85. The van der Waals surface area contributed by atoms with Gasteiger partial charge >= 0.3 is 0 Å². The molecular weight excluding hydrogens is 176 g/mol. The smallest absolute Gasteiger partial charge is 0.00817 e. The number of hydrogen-bond donors (Lipinski definition) is 0. The van der Waals surface area contributed by atoms with E-state index >= 15 is 0 Å². The topological polar surface area (TPSA) is 0 Å². The fourth-order valence-corrected chi connectivity index (χ4v) is 4.35. The Morgan fingerprint density at radius 1 is 1.31 bits per heavy atom. The van der Waals surface area contributed by atoms with Gasteiger partial charge in [0.05, 0.1) is 0 Å². The number of rotatable bonds is 1. The molecule has 1 aromatic rings. The van der Waals surface area contributed by atoms with E-state index in [0.717, 1.165) is 17.8 Å². The number of thiophene rings is 1. The van der Waals surface area contributed by atoms with Crippen LogP contribution in [0.2, 0.25) is 0 Å². The first-order chi connectivity index (χ1) is 6.33. The maximum absolute atomic E-state index is 2.41. The Labute approximate surface area is 84.0 Å². The molecule has 0 aromatic carbocycles. The summed E-state index contributed by atoms with van der Waals surface area (Å²) >= 11 is 1.99. The fraction of sp³-hybridized carbons (Fsp3) is 0.667. The number of hydrogen-bond acceptors (Lipinski definition) is 1. The zero-order chi connectivity index (χ0) is 8.84. The highest BCUT2D eigenvalue weighted by Crippen LogP contribution is 2.53. The molecule has 3 rings (SSSR count). The zero-order valence-electron chi connectivity index (χ0n) is 8.12. The Hall–Kier alpha value is -0.300. The van der Waals surface area contributed by atoms with E-state index in [1.807, 2.05) is 11.3 Å². The Morgan fingerprint density at radius 2 is 2.23 bits per heavy atom. The van der Waals surface area contributed by atoms with Gasteiger partial charge in [-0.2, -0.15) is 0 Å².